The fourth-order valence-corrected chi connectivity index (χ4v) is 2.41. The van der Waals surface area contributed by atoms with Crippen LogP contribution in [0.1, 0.15) is 0 Å². The molecular formula is C10H9NO8S. The van der Waals surface area contributed by atoms with Gasteiger partial charge in [0.1, 0.15) is 18.1 Å². The highest BCUT2D eigenvalue weighted by Crippen LogP contribution is 2.20. The van der Waals surface area contributed by atoms with Crippen molar-refractivity contribution in [1.29, 1.82) is 0 Å². The molecule has 0 aromatic heterocycles. The minimum Gasteiger partial charge on any atom is -0.430 e. The molecule has 0 saturated carbocycles. The number of nitrogens with zero attached hydrogens (tertiary/aromatic N) is 1. The molecule has 20 heavy (non-hydrogen) atoms. The Balaban J connectivity index is 2.08. The van der Waals surface area contributed by atoms with Gasteiger partial charge in [-0.3, -0.25) is 14.3 Å². The Hall–Kier alpha value is -2.20. The number of benzene rings is 1. The van der Waals surface area contributed by atoms with E-state index in [0.717, 1.165) is 12.1 Å². The lowest BCUT2D eigenvalue weighted by Crippen LogP contribution is -2.21. The van der Waals surface area contributed by atoms with Crippen LogP contribution in [0.15, 0.2) is 29.2 Å². The van der Waals surface area contributed by atoms with Crippen LogP contribution in [0, 0.1) is 10.1 Å². The van der Waals surface area contributed by atoms with Crippen molar-refractivity contribution >= 4 is 22.0 Å². The molecule has 1 aromatic carbocycles. The molecule has 1 aromatic rings. The Labute approximate surface area is 113 Å². The van der Waals surface area contributed by atoms with Gasteiger partial charge < -0.3 is 9.47 Å². The van der Waals surface area contributed by atoms with E-state index >= 15 is 0 Å². The molecule has 0 bridgehead atoms. The van der Waals surface area contributed by atoms with Crippen LogP contribution in [-0.4, -0.2) is 38.8 Å². The highest BCUT2D eigenvalue weighted by molar-refractivity contribution is 7.86. The standard InChI is InChI=1S/C10H9NO8S/c12-10-17-5-8(19-10)6-18-20(15,16)9-3-1-2-7(4-9)11(13)14/h1-4,8H,5-6H2/t8-/m0/s1. The molecule has 1 aliphatic heterocycles. The molecule has 2 rings (SSSR count). The number of rotatable bonds is 5. The Morgan fingerprint density at radius 1 is 1.45 bits per heavy atom. The second kappa shape index (κ2) is 5.43. The van der Waals surface area contributed by atoms with E-state index < -0.39 is 33.9 Å². The maximum absolute atomic E-state index is 11.8. The maximum Gasteiger partial charge on any atom is 0.508 e. The van der Waals surface area contributed by atoms with Gasteiger partial charge in [-0.1, -0.05) is 6.07 Å². The van der Waals surface area contributed by atoms with Crippen molar-refractivity contribution in [3.8, 4) is 0 Å². The average Bonchev–Trinajstić information content (AvgIpc) is 2.82. The Kier molecular flexibility index (Phi) is 3.86. The number of hydrogen-bond donors (Lipinski definition) is 0. The largest absolute Gasteiger partial charge is 0.508 e. The van der Waals surface area contributed by atoms with Crippen molar-refractivity contribution in [2.24, 2.45) is 0 Å². The topological polar surface area (TPSA) is 122 Å². The van der Waals surface area contributed by atoms with E-state index in [4.69, 9.17) is 0 Å². The third kappa shape index (κ3) is 3.22. The van der Waals surface area contributed by atoms with Crippen molar-refractivity contribution in [3.05, 3.63) is 34.4 Å². The first-order valence-electron chi connectivity index (χ1n) is 5.36. The molecule has 1 heterocycles. The van der Waals surface area contributed by atoms with Crippen LogP contribution < -0.4 is 0 Å². The van der Waals surface area contributed by atoms with E-state index in [1.807, 2.05) is 0 Å². The first-order chi connectivity index (χ1) is 9.38. The average molecular weight is 303 g/mol. The molecule has 1 fully saturated rings. The van der Waals surface area contributed by atoms with Gasteiger partial charge in [0.2, 0.25) is 0 Å². The van der Waals surface area contributed by atoms with Crippen molar-refractivity contribution in [2.45, 2.75) is 11.0 Å². The van der Waals surface area contributed by atoms with Crippen LogP contribution in [0.2, 0.25) is 0 Å². The van der Waals surface area contributed by atoms with Crippen LogP contribution in [0.25, 0.3) is 0 Å². The van der Waals surface area contributed by atoms with E-state index in [2.05, 4.69) is 13.7 Å². The van der Waals surface area contributed by atoms with E-state index in [0.29, 0.717) is 0 Å². The predicted molar refractivity (Wildman–Crippen MR) is 62.5 cm³/mol. The van der Waals surface area contributed by atoms with Crippen molar-refractivity contribution in [1.82, 2.24) is 0 Å². The number of nitro benzene ring substituents is 1. The lowest BCUT2D eigenvalue weighted by molar-refractivity contribution is -0.385. The zero-order valence-corrected chi connectivity index (χ0v) is 10.7. The summed E-state index contributed by atoms with van der Waals surface area (Å²) in [4.78, 5) is 20.2. The Morgan fingerprint density at radius 3 is 2.80 bits per heavy atom. The number of carbonyl (C=O) groups is 1. The highest BCUT2D eigenvalue weighted by atomic mass is 32.2. The van der Waals surface area contributed by atoms with Crippen molar-refractivity contribution in [3.63, 3.8) is 0 Å². The molecule has 0 aliphatic carbocycles. The number of nitro groups is 1. The SMILES string of the molecule is O=C1OC[C@@H](COS(=O)(=O)c2cccc([N+](=O)[O-])c2)O1. The smallest absolute Gasteiger partial charge is 0.430 e. The lowest BCUT2D eigenvalue weighted by atomic mass is 10.3. The lowest BCUT2D eigenvalue weighted by Gasteiger charge is -2.08. The van der Waals surface area contributed by atoms with Crippen molar-refractivity contribution in [2.75, 3.05) is 13.2 Å². The minimum atomic E-state index is -4.17. The van der Waals surface area contributed by atoms with E-state index in [9.17, 15) is 23.3 Å². The van der Waals surface area contributed by atoms with Gasteiger partial charge in [-0.15, -0.1) is 0 Å². The van der Waals surface area contributed by atoms with Gasteiger partial charge in [-0.2, -0.15) is 8.42 Å². The fourth-order valence-electron chi connectivity index (χ4n) is 1.43. The third-order valence-electron chi connectivity index (χ3n) is 2.38. The molecule has 1 aliphatic rings. The molecule has 9 nitrogen and oxygen atoms in total. The first kappa shape index (κ1) is 14.2. The molecular weight excluding hydrogens is 294 g/mol. The normalized spacial score (nSPS) is 18.4. The summed E-state index contributed by atoms with van der Waals surface area (Å²) in [6.07, 6.45) is -1.72. The second-order valence-corrected chi connectivity index (χ2v) is 5.41. The highest BCUT2D eigenvalue weighted by Gasteiger charge is 2.28. The number of ether oxygens (including phenoxy) is 2. The van der Waals surface area contributed by atoms with Crippen LogP contribution >= 0.6 is 0 Å². The summed E-state index contributed by atoms with van der Waals surface area (Å²) >= 11 is 0. The Bertz CT molecular complexity index is 640. The van der Waals surface area contributed by atoms with Gasteiger partial charge in [0, 0.05) is 12.1 Å². The van der Waals surface area contributed by atoms with Crippen molar-refractivity contribution < 1.29 is 31.8 Å². The second-order valence-electron chi connectivity index (χ2n) is 3.79. The predicted octanol–water partition coefficient (Wildman–Crippen LogP) is 0.836. The molecule has 0 spiro atoms. The van der Waals surface area contributed by atoms with Gasteiger partial charge >= 0.3 is 6.16 Å². The summed E-state index contributed by atoms with van der Waals surface area (Å²) in [5.41, 5.74) is -0.370. The number of hydrogen-bond acceptors (Lipinski definition) is 8. The molecule has 0 radical (unpaired) electrons. The molecule has 0 amide bonds. The summed E-state index contributed by atoms with van der Waals surface area (Å²) in [7, 11) is -4.17. The molecule has 10 heteroatoms. The number of carbonyl (C=O) groups excluding carboxylic acids is 1. The molecule has 1 saturated heterocycles. The van der Waals surface area contributed by atoms with Crippen LogP contribution in [0.3, 0.4) is 0 Å². The zero-order chi connectivity index (χ0) is 14.8. The molecule has 1 atom stereocenters. The van der Waals surface area contributed by atoms with Gasteiger partial charge in [0.15, 0.2) is 6.10 Å². The third-order valence-corrected chi connectivity index (χ3v) is 3.65. The van der Waals surface area contributed by atoms with Gasteiger partial charge in [0.25, 0.3) is 15.8 Å². The van der Waals surface area contributed by atoms with Gasteiger partial charge in [0.05, 0.1) is 4.92 Å². The molecule has 0 unspecified atom stereocenters. The first-order valence-corrected chi connectivity index (χ1v) is 6.76. The Morgan fingerprint density at radius 2 is 2.20 bits per heavy atom. The maximum atomic E-state index is 11.8. The zero-order valence-electron chi connectivity index (χ0n) is 9.92. The number of non-ortho nitro benzene ring substituents is 1. The summed E-state index contributed by atoms with van der Waals surface area (Å²) in [6, 6.07) is 4.44. The monoisotopic (exact) mass is 303 g/mol. The van der Waals surface area contributed by atoms with E-state index in [1.54, 1.807) is 0 Å². The quantitative estimate of drug-likeness (QED) is 0.339. The van der Waals surface area contributed by atoms with Gasteiger partial charge in [-0.05, 0) is 6.07 Å². The summed E-state index contributed by atoms with van der Waals surface area (Å²) < 4.78 is 37.4. The summed E-state index contributed by atoms with van der Waals surface area (Å²) in [5, 5.41) is 10.6. The van der Waals surface area contributed by atoms with Crippen LogP contribution in [0.5, 0.6) is 0 Å². The van der Waals surface area contributed by atoms with Gasteiger partial charge in [-0.25, -0.2) is 4.79 Å². The van der Waals surface area contributed by atoms with Crippen LogP contribution in [0.4, 0.5) is 10.5 Å². The summed E-state index contributed by atoms with van der Waals surface area (Å²) in [6.45, 7) is -0.528. The number of cyclic esters (lactones) is 2. The summed E-state index contributed by atoms with van der Waals surface area (Å²) in [5.74, 6) is 0. The van der Waals surface area contributed by atoms with E-state index in [1.165, 1.54) is 12.1 Å². The van der Waals surface area contributed by atoms with E-state index in [-0.39, 0.29) is 17.2 Å². The molecule has 0 N–H and O–H groups in total. The molecule has 108 valence electrons. The minimum absolute atomic E-state index is 0.108. The van der Waals surface area contributed by atoms with Crippen LogP contribution in [-0.2, 0) is 23.8 Å². The fraction of sp³-hybridized carbons (Fsp3) is 0.300.